The Kier molecular flexibility index (Phi) is 6.05. The number of nitrogens with one attached hydrogen (secondary N) is 2. The van der Waals surface area contributed by atoms with Gasteiger partial charge in [0.25, 0.3) is 0 Å². The number of aryl methyl sites for hydroxylation is 2. The molecule has 0 atom stereocenters. The molecule has 0 aliphatic carbocycles. The second-order valence-electron chi connectivity index (χ2n) is 5.18. The van der Waals surface area contributed by atoms with Gasteiger partial charge in [0.05, 0.1) is 6.21 Å². The summed E-state index contributed by atoms with van der Waals surface area (Å²) in [5, 5.41) is 8.60. The maximum atomic E-state index is 11.9. The highest BCUT2D eigenvalue weighted by Crippen LogP contribution is 2.16. The molecule has 2 N–H and O–H groups in total. The zero-order valence-electron chi connectivity index (χ0n) is 13.1. The highest BCUT2D eigenvalue weighted by atomic mass is 32.1. The SMILES string of the molecule is Cc1ccc(NC(=O)CCC(=O)NN=Cc2cccs2)c(C)c1. The van der Waals surface area contributed by atoms with Gasteiger partial charge >= 0.3 is 0 Å². The number of hydrazone groups is 1. The van der Waals surface area contributed by atoms with Crippen LogP contribution >= 0.6 is 11.3 Å². The van der Waals surface area contributed by atoms with Gasteiger partial charge in [0.1, 0.15) is 0 Å². The van der Waals surface area contributed by atoms with Crippen LogP contribution in [0.2, 0.25) is 0 Å². The van der Waals surface area contributed by atoms with Crippen molar-refractivity contribution in [3.8, 4) is 0 Å². The number of nitrogens with zero attached hydrogens (tertiary/aromatic N) is 1. The van der Waals surface area contributed by atoms with Gasteiger partial charge in [0.2, 0.25) is 11.8 Å². The van der Waals surface area contributed by atoms with Gasteiger partial charge in [0.15, 0.2) is 0 Å². The van der Waals surface area contributed by atoms with Crippen molar-refractivity contribution in [3.63, 3.8) is 0 Å². The molecule has 1 heterocycles. The molecule has 0 radical (unpaired) electrons. The molecule has 23 heavy (non-hydrogen) atoms. The molecule has 0 fully saturated rings. The molecule has 1 aromatic heterocycles. The summed E-state index contributed by atoms with van der Waals surface area (Å²) in [4.78, 5) is 24.5. The number of hydrogen-bond donors (Lipinski definition) is 2. The Hall–Kier alpha value is -2.47. The summed E-state index contributed by atoms with van der Waals surface area (Å²) in [6.45, 7) is 3.94. The van der Waals surface area contributed by atoms with Gasteiger partial charge in [-0.1, -0.05) is 23.8 Å². The molecule has 0 aliphatic heterocycles. The van der Waals surface area contributed by atoms with Crippen LogP contribution < -0.4 is 10.7 Å². The molecule has 0 saturated carbocycles. The number of benzene rings is 1. The fraction of sp³-hybridized carbons (Fsp3) is 0.235. The topological polar surface area (TPSA) is 70.6 Å². The zero-order chi connectivity index (χ0) is 16.7. The molecule has 1 aromatic carbocycles. The first-order chi connectivity index (χ1) is 11.0. The number of carbonyl (C=O) groups is 2. The fourth-order valence-corrected chi connectivity index (χ4v) is 2.57. The smallest absolute Gasteiger partial charge is 0.240 e. The van der Waals surface area contributed by atoms with E-state index in [0.717, 1.165) is 21.7 Å². The second-order valence-corrected chi connectivity index (χ2v) is 6.15. The van der Waals surface area contributed by atoms with Gasteiger partial charge in [-0.2, -0.15) is 5.10 Å². The number of amides is 2. The maximum Gasteiger partial charge on any atom is 0.240 e. The molecule has 2 amide bonds. The van der Waals surface area contributed by atoms with Crippen molar-refractivity contribution in [2.45, 2.75) is 26.7 Å². The first-order valence-corrected chi connectivity index (χ1v) is 8.15. The van der Waals surface area contributed by atoms with Crippen molar-refractivity contribution in [2.24, 2.45) is 5.10 Å². The third kappa shape index (κ3) is 5.67. The Balaban J connectivity index is 1.74. The van der Waals surface area contributed by atoms with E-state index in [2.05, 4.69) is 15.8 Å². The Labute approximate surface area is 139 Å². The fourth-order valence-electron chi connectivity index (χ4n) is 1.98. The average Bonchev–Trinajstić information content (AvgIpc) is 3.01. The monoisotopic (exact) mass is 329 g/mol. The van der Waals surface area contributed by atoms with Crippen LogP contribution in [-0.4, -0.2) is 18.0 Å². The minimum absolute atomic E-state index is 0.0958. The van der Waals surface area contributed by atoms with Crippen LogP contribution in [0.25, 0.3) is 0 Å². The summed E-state index contributed by atoms with van der Waals surface area (Å²) in [5.74, 6) is -0.470. The molecule has 0 bridgehead atoms. The Morgan fingerprint density at radius 3 is 2.65 bits per heavy atom. The predicted molar refractivity (Wildman–Crippen MR) is 93.8 cm³/mol. The van der Waals surface area contributed by atoms with E-state index in [9.17, 15) is 9.59 Å². The molecule has 0 unspecified atom stereocenters. The lowest BCUT2D eigenvalue weighted by Gasteiger charge is -2.08. The van der Waals surface area contributed by atoms with E-state index in [-0.39, 0.29) is 24.7 Å². The molecular formula is C17H19N3O2S. The highest BCUT2D eigenvalue weighted by molar-refractivity contribution is 7.11. The van der Waals surface area contributed by atoms with Crippen LogP contribution in [-0.2, 0) is 9.59 Å². The Morgan fingerprint density at radius 1 is 1.17 bits per heavy atom. The van der Waals surface area contributed by atoms with E-state index in [1.165, 1.54) is 11.3 Å². The van der Waals surface area contributed by atoms with Crippen molar-refractivity contribution in [2.75, 3.05) is 5.32 Å². The van der Waals surface area contributed by atoms with Crippen LogP contribution in [0.15, 0.2) is 40.8 Å². The van der Waals surface area contributed by atoms with Gasteiger partial charge in [0, 0.05) is 23.4 Å². The quantitative estimate of drug-likeness (QED) is 0.631. The highest BCUT2D eigenvalue weighted by Gasteiger charge is 2.08. The summed E-state index contributed by atoms with van der Waals surface area (Å²) >= 11 is 1.53. The van der Waals surface area contributed by atoms with Crippen LogP contribution in [0.3, 0.4) is 0 Å². The standard InChI is InChI=1S/C17H19N3O2S/c1-12-5-6-15(13(2)10-12)19-16(21)7-8-17(22)20-18-11-14-4-3-9-23-14/h3-6,9-11H,7-8H2,1-2H3,(H,19,21)(H,20,22). The molecule has 2 aromatic rings. The average molecular weight is 329 g/mol. The van der Waals surface area contributed by atoms with E-state index in [1.54, 1.807) is 6.21 Å². The van der Waals surface area contributed by atoms with Crippen molar-refractivity contribution in [3.05, 3.63) is 51.7 Å². The predicted octanol–water partition coefficient (Wildman–Crippen LogP) is 3.23. The summed E-state index contributed by atoms with van der Waals surface area (Å²) in [5.41, 5.74) is 5.34. The van der Waals surface area contributed by atoms with Gasteiger partial charge in [-0.05, 0) is 36.9 Å². The van der Waals surface area contributed by atoms with E-state index in [4.69, 9.17) is 0 Å². The molecule has 120 valence electrons. The van der Waals surface area contributed by atoms with Crippen LogP contribution in [0.5, 0.6) is 0 Å². The van der Waals surface area contributed by atoms with Crippen molar-refractivity contribution < 1.29 is 9.59 Å². The minimum atomic E-state index is -0.284. The second kappa shape index (κ2) is 8.24. The van der Waals surface area contributed by atoms with Gasteiger partial charge < -0.3 is 5.32 Å². The summed E-state index contributed by atoms with van der Waals surface area (Å²) in [6, 6.07) is 9.62. The lowest BCUT2D eigenvalue weighted by molar-refractivity contribution is -0.124. The molecule has 0 saturated heterocycles. The number of anilines is 1. The number of hydrogen-bond acceptors (Lipinski definition) is 4. The van der Waals surface area contributed by atoms with Crippen LogP contribution in [0.1, 0.15) is 28.8 Å². The molecular weight excluding hydrogens is 310 g/mol. The Bertz CT molecular complexity index is 709. The molecule has 0 aliphatic rings. The van der Waals surface area contributed by atoms with Crippen LogP contribution in [0, 0.1) is 13.8 Å². The normalized spacial score (nSPS) is 10.7. The van der Waals surface area contributed by atoms with Gasteiger partial charge in [-0.3, -0.25) is 9.59 Å². The molecule has 2 rings (SSSR count). The zero-order valence-corrected chi connectivity index (χ0v) is 13.9. The van der Waals surface area contributed by atoms with Gasteiger partial charge in [-0.15, -0.1) is 11.3 Å². The first-order valence-electron chi connectivity index (χ1n) is 7.27. The van der Waals surface area contributed by atoms with Crippen molar-refractivity contribution >= 4 is 35.1 Å². The summed E-state index contributed by atoms with van der Waals surface area (Å²) in [7, 11) is 0. The Morgan fingerprint density at radius 2 is 1.96 bits per heavy atom. The minimum Gasteiger partial charge on any atom is -0.326 e. The van der Waals surface area contributed by atoms with E-state index < -0.39 is 0 Å². The van der Waals surface area contributed by atoms with E-state index in [1.807, 2.05) is 49.6 Å². The third-order valence-electron chi connectivity index (χ3n) is 3.16. The molecule has 0 spiro atoms. The third-order valence-corrected chi connectivity index (χ3v) is 3.97. The number of rotatable bonds is 6. The largest absolute Gasteiger partial charge is 0.326 e. The first kappa shape index (κ1) is 16.9. The summed E-state index contributed by atoms with van der Waals surface area (Å²) < 4.78 is 0. The van der Waals surface area contributed by atoms with Crippen molar-refractivity contribution in [1.29, 1.82) is 0 Å². The van der Waals surface area contributed by atoms with Crippen LogP contribution in [0.4, 0.5) is 5.69 Å². The summed E-state index contributed by atoms with van der Waals surface area (Å²) in [6.07, 6.45) is 1.80. The lowest BCUT2D eigenvalue weighted by Crippen LogP contribution is -2.20. The maximum absolute atomic E-state index is 11.9. The van der Waals surface area contributed by atoms with E-state index >= 15 is 0 Å². The number of thiophene rings is 1. The number of carbonyl (C=O) groups excluding carboxylic acids is 2. The lowest BCUT2D eigenvalue weighted by atomic mass is 10.1. The van der Waals surface area contributed by atoms with Gasteiger partial charge in [-0.25, -0.2) is 5.43 Å². The van der Waals surface area contributed by atoms with E-state index in [0.29, 0.717) is 0 Å². The van der Waals surface area contributed by atoms with Crippen molar-refractivity contribution in [1.82, 2.24) is 5.43 Å². The molecule has 5 nitrogen and oxygen atoms in total. The molecule has 6 heteroatoms.